The van der Waals surface area contributed by atoms with Crippen LogP contribution in [0.5, 0.6) is 0 Å². The van der Waals surface area contributed by atoms with Crippen molar-refractivity contribution < 1.29 is 9.84 Å². The number of hydrogen-bond donors (Lipinski definition) is 1. The highest BCUT2D eigenvalue weighted by Gasteiger charge is 2.58. The molecule has 0 bridgehead atoms. The van der Waals surface area contributed by atoms with Crippen LogP contribution in [0.15, 0.2) is 30.9 Å². The first-order valence-electron chi connectivity index (χ1n) is 12.3. The second-order valence-corrected chi connectivity index (χ2v) is 11.4. The lowest BCUT2D eigenvalue weighted by atomic mass is 9.48. The Hall–Kier alpha value is -1.13. The summed E-state index contributed by atoms with van der Waals surface area (Å²) >= 11 is 0. The molecule has 4 saturated carbocycles. The molecule has 0 radical (unpaired) electrons. The number of allylic oxidation sites excluding steroid dienone is 1. The van der Waals surface area contributed by atoms with Crippen LogP contribution >= 0.6 is 0 Å². The lowest BCUT2D eigenvalue weighted by Gasteiger charge is -2.57. The molecule has 1 heterocycles. The molecule has 8 atom stereocenters. The molecular weight excluding hydrogens is 372 g/mol. The van der Waals surface area contributed by atoms with Crippen LogP contribution in [0.1, 0.15) is 64.7 Å². The van der Waals surface area contributed by atoms with E-state index in [1.807, 2.05) is 12.5 Å². The molecule has 0 spiro atoms. The molecule has 1 aromatic heterocycles. The van der Waals surface area contributed by atoms with Gasteiger partial charge in [0.15, 0.2) is 0 Å². The van der Waals surface area contributed by atoms with Crippen molar-refractivity contribution in [1.82, 2.24) is 9.55 Å². The predicted octanol–water partition coefficient (Wildman–Crippen LogP) is 5.09. The molecule has 0 aromatic carbocycles. The fraction of sp³-hybridized carbons (Fsp3) is 0.808. The maximum Gasteiger partial charge on any atom is 0.0948 e. The number of fused-ring (bicyclic) bond motifs is 5. The van der Waals surface area contributed by atoms with E-state index >= 15 is 0 Å². The zero-order chi connectivity index (χ0) is 20.9. The highest BCUT2D eigenvalue weighted by atomic mass is 16.5. The smallest absolute Gasteiger partial charge is 0.0948 e. The first-order chi connectivity index (χ1) is 14.4. The maximum atomic E-state index is 11.0. The summed E-state index contributed by atoms with van der Waals surface area (Å²) in [5, 5.41) is 11.0. The van der Waals surface area contributed by atoms with E-state index in [4.69, 9.17) is 4.74 Å². The van der Waals surface area contributed by atoms with Gasteiger partial charge in [-0.25, -0.2) is 4.98 Å². The highest BCUT2D eigenvalue weighted by molar-refractivity contribution is 5.16. The molecule has 4 heteroatoms. The fourth-order valence-electron chi connectivity index (χ4n) is 8.76. The van der Waals surface area contributed by atoms with Crippen LogP contribution in [0.3, 0.4) is 0 Å². The summed E-state index contributed by atoms with van der Waals surface area (Å²) in [5.41, 5.74) is 1.26. The average molecular weight is 413 g/mol. The predicted molar refractivity (Wildman–Crippen MR) is 119 cm³/mol. The highest BCUT2D eigenvalue weighted by Crippen LogP contribution is 2.65. The fourth-order valence-corrected chi connectivity index (χ4v) is 8.76. The second-order valence-electron chi connectivity index (χ2n) is 11.4. The number of ether oxygens (including phenoxy) is 1. The van der Waals surface area contributed by atoms with Crippen LogP contribution in [0.25, 0.3) is 0 Å². The normalized spacial score (nSPS) is 45.4. The molecule has 0 amide bonds. The number of aromatic nitrogens is 2. The molecule has 1 aromatic rings. The van der Waals surface area contributed by atoms with Gasteiger partial charge in [0.25, 0.3) is 0 Å². The zero-order valence-electron chi connectivity index (χ0n) is 18.9. The summed E-state index contributed by atoms with van der Waals surface area (Å²) in [6.45, 7) is 8.58. The van der Waals surface area contributed by atoms with Crippen LogP contribution in [0, 0.1) is 40.9 Å². The number of methoxy groups -OCH3 is 1. The number of hydrogen-bond acceptors (Lipinski definition) is 3. The first-order valence-corrected chi connectivity index (χ1v) is 12.3. The summed E-state index contributed by atoms with van der Waals surface area (Å²) in [6.07, 6.45) is 17.1. The van der Waals surface area contributed by atoms with E-state index in [2.05, 4.69) is 29.3 Å². The van der Waals surface area contributed by atoms with Crippen LogP contribution in [0.2, 0.25) is 0 Å². The summed E-state index contributed by atoms with van der Waals surface area (Å²) in [5.74, 6) is 4.83. The van der Waals surface area contributed by atoms with Crippen LogP contribution < -0.4 is 0 Å². The standard InChI is InChI=1S/C26H40N2O2/c1-18(15-28-13-12-27-17-28)23-6-7-24-22-5-4-19-14-26(29,16-30-3)11-9-20(19)21(22)8-10-25(23,24)2/h12-13,17,19-24,29H,1,4-11,14-16H2,2-3H3/t19-,20+,21-,22-,23-,24+,25-,26+/m1/s1. The van der Waals surface area contributed by atoms with Gasteiger partial charge in [0, 0.05) is 26.0 Å². The minimum Gasteiger partial charge on any atom is -0.387 e. The van der Waals surface area contributed by atoms with Gasteiger partial charge in [0.1, 0.15) is 0 Å². The number of nitrogens with zero attached hydrogens (tertiary/aromatic N) is 2. The summed E-state index contributed by atoms with van der Waals surface area (Å²) in [7, 11) is 1.72. The number of rotatable bonds is 5. The van der Waals surface area contributed by atoms with Crippen molar-refractivity contribution in [2.75, 3.05) is 13.7 Å². The maximum absolute atomic E-state index is 11.0. The minimum absolute atomic E-state index is 0.428. The van der Waals surface area contributed by atoms with E-state index in [1.165, 1.54) is 50.5 Å². The van der Waals surface area contributed by atoms with Crippen LogP contribution in [-0.4, -0.2) is 34.0 Å². The molecule has 4 aliphatic rings. The molecular formula is C26H40N2O2. The molecule has 30 heavy (non-hydrogen) atoms. The molecule has 166 valence electrons. The van der Waals surface area contributed by atoms with E-state index in [-0.39, 0.29) is 0 Å². The Bertz CT molecular complexity index is 761. The van der Waals surface area contributed by atoms with Gasteiger partial charge in [0.05, 0.1) is 18.5 Å². The largest absolute Gasteiger partial charge is 0.387 e. The SMILES string of the molecule is C=C(Cn1ccnc1)[C@H]1CC[C@H]2[C@@H]3CC[C@@H]4C[C@](O)(COC)CC[C@@H]4[C@H]3CC[C@]12C. The third-order valence-electron chi connectivity index (χ3n) is 9.95. The number of imidazole rings is 1. The molecule has 5 rings (SSSR count). The Balaban J connectivity index is 1.29. The molecule has 0 unspecified atom stereocenters. The van der Waals surface area contributed by atoms with Crippen molar-refractivity contribution in [1.29, 1.82) is 0 Å². The third kappa shape index (κ3) is 3.39. The van der Waals surface area contributed by atoms with Crippen molar-refractivity contribution in [3.05, 3.63) is 30.9 Å². The lowest BCUT2D eigenvalue weighted by molar-refractivity contribution is -0.123. The Kier molecular flexibility index (Phi) is 5.38. The Morgan fingerprint density at radius 2 is 1.97 bits per heavy atom. The minimum atomic E-state index is -0.574. The van der Waals surface area contributed by atoms with Crippen molar-refractivity contribution in [3.63, 3.8) is 0 Å². The quantitative estimate of drug-likeness (QED) is 0.686. The molecule has 4 aliphatic carbocycles. The van der Waals surface area contributed by atoms with E-state index in [9.17, 15) is 5.11 Å². The Labute approximate surface area is 182 Å². The van der Waals surface area contributed by atoms with Gasteiger partial charge in [-0.15, -0.1) is 0 Å². The van der Waals surface area contributed by atoms with Gasteiger partial charge in [-0.2, -0.15) is 0 Å². The van der Waals surface area contributed by atoms with Gasteiger partial charge >= 0.3 is 0 Å². The van der Waals surface area contributed by atoms with E-state index < -0.39 is 5.60 Å². The van der Waals surface area contributed by atoms with Gasteiger partial charge in [-0.05, 0) is 98.7 Å². The monoisotopic (exact) mass is 412 g/mol. The molecule has 1 N–H and O–H groups in total. The third-order valence-corrected chi connectivity index (χ3v) is 9.95. The van der Waals surface area contributed by atoms with Crippen molar-refractivity contribution in [2.24, 2.45) is 40.9 Å². The summed E-state index contributed by atoms with van der Waals surface area (Å²) < 4.78 is 7.53. The van der Waals surface area contributed by atoms with Gasteiger partial charge in [-0.1, -0.05) is 19.1 Å². The summed E-state index contributed by atoms with van der Waals surface area (Å²) in [4.78, 5) is 4.21. The van der Waals surface area contributed by atoms with Crippen LogP contribution in [0.4, 0.5) is 0 Å². The number of aliphatic hydroxyl groups is 1. The molecule has 4 fully saturated rings. The topological polar surface area (TPSA) is 47.3 Å². The Morgan fingerprint density at radius 1 is 1.13 bits per heavy atom. The van der Waals surface area contributed by atoms with Gasteiger partial charge < -0.3 is 14.4 Å². The lowest BCUT2D eigenvalue weighted by Crippen LogP contribution is -2.52. The van der Waals surface area contributed by atoms with Gasteiger partial charge in [-0.3, -0.25) is 0 Å². The molecule has 4 nitrogen and oxygen atoms in total. The Morgan fingerprint density at radius 3 is 2.73 bits per heavy atom. The summed E-state index contributed by atoms with van der Waals surface area (Å²) in [6, 6.07) is 0. The zero-order valence-corrected chi connectivity index (χ0v) is 18.9. The molecule has 0 saturated heterocycles. The second kappa shape index (κ2) is 7.78. The molecule has 0 aliphatic heterocycles. The average Bonchev–Trinajstić information content (AvgIpc) is 3.34. The first kappa shape index (κ1) is 20.8. The van der Waals surface area contributed by atoms with Crippen LogP contribution in [-0.2, 0) is 11.3 Å². The van der Waals surface area contributed by atoms with E-state index in [1.54, 1.807) is 7.11 Å². The van der Waals surface area contributed by atoms with Gasteiger partial charge in [0.2, 0.25) is 0 Å². The van der Waals surface area contributed by atoms with Crippen molar-refractivity contribution in [3.8, 4) is 0 Å². The van der Waals surface area contributed by atoms with Crippen molar-refractivity contribution >= 4 is 0 Å². The van der Waals surface area contributed by atoms with E-state index in [0.29, 0.717) is 23.9 Å². The van der Waals surface area contributed by atoms with Crippen molar-refractivity contribution in [2.45, 2.75) is 76.9 Å². The van der Waals surface area contributed by atoms with E-state index in [0.717, 1.165) is 43.1 Å².